The number of nitro benzene ring substituents is 1. The van der Waals surface area contributed by atoms with Crippen LogP contribution in [-0.2, 0) is 4.79 Å². The molecular weight excluding hydrogens is 264 g/mol. The van der Waals surface area contributed by atoms with Crippen molar-refractivity contribution in [2.24, 2.45) is 0 Å². The first-order valence-electron chi connectivity index (χ1n) is 5.56. The molecule has 1 heterocycles. The highest BCUT2D eigenvalue weighted by Gasteiger charge is 2.16. The molecule has 0 saturated carbocycles. The maximum Gasteiger partial charge on any atom is 0.334 e. The average Bonchev–Trinajstić information content (AvgIpc) is 2.43. The lowest BCUT2D eigenvalue weighted by atomic mass is 10.1. The Kier molecular flexibility index (Phi) is 3.60. The number of fused-ring (bicyclic) bond motifs is 1. The molecule has 7 nitrogen and oxygen atoms in total. The number of carbonyl (C=O) groups is 1. The van der Waals surface area contributed by atoms with E-state index in [0.29, 0.717) is 10.9 Å². The van der Waals surface area contributed by atoms with Gasteiger partial charge in [-0.2, -0.15) is 0 Å². The third-order valence-electron chi connectivity index (χ3n) is 2.61. The van der Waals surface area contributed by atoms with Crippen LogP contribution in [0.1, 0.15) is 0 Å². The molecule has 102 valence electrons. The van der Waals surface area contributed by atoms with Gasteiger partial charge >= 0.3 is 5.97 Å². The van der Waals surface area contributed by atoms with Gasteiger partial charge in [0.1, 0.15) is 17.9 Å². The van der Waals surface area contributed by atoms with Crippen LogP contribution in [0.25, 0.3) is 10.9 Å². The number of hydrogen-bond donors (Lipinski definition) is 1. The summed E-state index contributed by atoms with van der Waals surface area (Å²) in [6.45, 7) is 3.12. The van der Waals surface area contributed by atoms with E-state index in [1.165, 1.54) is 18.3 Å². The Morgan fingerprint density at radius 1 is 1.45 bits per heavy atom. The Morgan fingerprint density at radius 2 is 2.20 bits per heavy atom. The Labute approximate surface area is 113 Å². The molecular formula is C13H10N2O5. The zero-order valence-corrected chi connectivity index (χ0v) is 10.3. The molecule has 0 fully saturated rings. The SMILES string of the molecule is C=C(COc1ccc([N+](=O)[O-])c2cccnc12)C(=O)O. The number of ether oxygens (including phenoxy) is 1. The quantitative estimate of drug-likeness (QED) is 0.509. The van der Waals surface area contributed by atoms with Crippen molar-refractivity contribution in [3.8, 4) is 5.75 Å². The van der Waals surface area contributed by atoms with Crippen molar-refractivity contribution < 1.29 is 19.6 Å². The fourth-order valence-electron chi connectivity index (χ4n) is 1.63. The van der Waals surface area contributed by atoms with Gasteiger partial charge in [-0.05, 0) is 18.2 Å². The van der Waals surface area contributed by atoms with Crippen LogP contribution in [0.15, 0.2) is 42.6 Å². The molecule has 0 aliphatic carbocycles. The monoisotopic (exact) mass is 274 g/mol. The molecule has 0 unspecified atom stereocenters. The van der Waals surface area contributed by atoms with E-state index in [9.17, 15) is 14.9 Å². The van der Waals surface area contributed by atoms with E-state index in [2.05, 4.69) is 11.6 Å². The molecule has 1 N–H and O–H groups in total. The van der Waals surface area contributed by atoms with Crippen molar-refractivity contribution >= 4 is 22.6 Å². The van der Waals surface area contributed by atoms with Gasteiger partial charge in [-0.25, -0.2) is 4.79 Å². The molecule has 0 aliphatic rings. The largest absolute Gasteiger partial charge is 0.486 e. The maximum atomic E-state index is 10.9. The molecule has 2 rings (SSSR count). The van der Waals surface area contributed by atoms with Gasteiger partial charge in [0.05, 0.1) is 15.9 Å². The summed E-state index contributed by atoms with van der Waals surface area (Å²) >= 11 is 0. The minimum absolute atomic E-state index is 0.0856. The summed E-state index contributed by atoms with van der Waals surface area (Å²) < 4.78 is 5.31. The first-order chi connectivity index (χ1) is 9.50. The van der Waals surface area contributed by atoms with Crippen molar-refractivity contribution in [1.29, 1.82) is 0 Å². The maximum absolute atomic E-state index is 10.9. The molecule has 0 aliphatic heterocycles. The van der Waals surface area contributed by atoms with E-state index in [1.807, 2.05) is 0 Å². The van der Waals surface area contributed by atoms with Crippen LogP contribution < -0.4 is 4.74 Å². The van der Waals surface area contributed by atoms with Gasteiger partial charge < -0.3 is 9.84 Å². The predicted molar refractivity (Wildman–Crippen MR) is 70.7 cm³/mol. The minimum Gasteiger partial charge on any atom is -0.486 e. The number of nitro groups is 1. The molecule has 0 saturated heterocycles. The summed E-state index contributed by atoms with van der Waals surface area (Å²) in [4.78, 5) is 25.1. The number of rotatable bonds is 5. The van der Waals surface area contributed by atoms with E-state index in [1.54, 1.807) is 12.1 Å². The molecule has 0 atom stereocenters. The topological polar surface area (TPSA) is 103 Å². The molecule has 20 heavy (non-hydrogen) atoms. The van der Waals surface area contributed by atoms with Crippen LogP contribution in [0.4, 0.5) is 5.69 Å². The molecule has 1 aromatic carbocycles. The first kappa shape index (κ1) is 13.5. The lowest BCUT2D eigenvalue weighted by molar-refractivity contribution is -0.383. The van der Waals surface area contributed by atoms with Crippen LogP contribution in [0.5, 0.6) is 5.75 Å². The third kappa shape index (κ3) is 2.56. The fourth-order valence-corrected chi connectivity index (χ4v) is 1.63. The lowest BCUT2D eigenvalue weighted by Crippen LogP contribution is -2.09. The van der Waals surface area contributed by atoms with Gasteiger partial charge in [-0.3, -0.25) is 15.1 Å². The van der Waals surface area contributed by atoms with Crippen LogP contribution in [0.3, 0.4) is 0 Å². The summed E-state index contributed by atoms with van der Waals surface area (Å²) in [6, 6.07) is 5.82. The van der Waals surface area contributed by atoms with Crippen molar-refractivity contribution in [2.45, 2.75) is 0 Å². The highest BCUT2D eigenvalue weighted by atomic mass is 16.6. The van der Waals surface area contributed by atoms with Crippen molar-refractivity contribution in [1.82, 2.24) is 4.98 Å². The Morgan fingerprint density at radius 3 is 2.85 bits per heavy atom. The van der Waals surface area contributed by atoms with E-state index >= 15 is 0 Å². The molecule has 0 bridgehead atoms. The number of nitrogens with zero attached hydrogens (tertiary/aromatic N) is 2. The summed E-state index contributed by atoms with van der Waals surface area (Å²) in [7, 11) is 0. The number of carboxylic acid groups (broad SMARTS) is 1. The molecule has 0 amide bonds. The molecule has 7 heteroatoms. The number of hydrogen-bond acceptors (Lipinski definition) is 5. The van der Waals surface area contributed by atoms with Gasteiger partial charge in [0.15, 0.2) is 0 Å². The van der Waals surface area contributed by atoms with Crippen molar-refractivity contribution in [3.05, 3.63) is 52.7 Å². The zero-order valence-electron chi connectivity index (χ0n) is 10.3. The van der Waals surface area contributed by atoms with Gasteiger partial charge in [0, 0.05) is 12.3 Å². The number of aliphatic carboxylic acids is 1. The average molecular weight is 274 g/mol. The summed E-state index contributed by atoms with van der Waals surface area (Å²) in [6.07, 6.45) is 1.48. The first-order valence-corrected chi connectivity index (χ1v) is 5.56. The Bertz CT molecular complexity index is 711. The molecule has 0 radical (unpaired) electrons. The summed E-state index contributed by atoms with van der Waals surface area (Å²) in [5.74, 6) is -0.891. The normalized spacial score (nSPS) is 10.2. The standard InChI is InChI=1S/C13H10N2O5/c1-8(13(16)17)7-20-11-5-4-10(15(18)19)9-3-2-6-14-12(9)11/h2-6H,1,7H2,(H,16,17). The van der Waals surface area contributed by atoms with Crippen LogP contribution in [0, 0.1) is 10.1 Å². The van der Waals surface area contributed by atoms with Gasteiger partial charge in [0.25, 0.3) is 5.69 Å². The molecule has 2 aromatic rings. The van der Waals surface area contributed by atoms with Crippen LogP contribution in [0.2, 0.25) is 0 Å². The third-order valence-corrected chi connectivity index (χ3v) is 2.61. The van der Waals surface area contributed by atoms with Gasteiger partial charge in [0.2, 0.25) is 0 Å². The van der Waals surface area contributed by atoms with Gasteiger partial charge in [-0.15, -0.1) is 0 Å². The second-order valence-corrected chi connectivity index (χ2v) is 3.94. The van der Waals surface area contributed by atoms with Gasteiger partial charge in [-0.1, -0.05) is 6.58 Å². The fraction of sp³-hybridized carbons (Fsp3) is 0.0769. The van der Waals surface area contributed by atoms with E-state index in [4.69, 9.17) is 9.84 Å². The number of benzene rings is 1. The number of non-ortho nitro benzene ring substituents is 1. The highest BCUT2D eigenvalue weighted by molar-refractivity contribution is 5.92. The molecule has 0 spiro atoms. The summed E-state index contributed by atoms with van der Waals surface area (Å²) in [5.41, 5.74) is 0.102. The minimum atomic E-state index is -1.16. The lowest BCUT2D eigenvalue weighted by Gasteiger charge is -2.08. The smallest absolute Gasteiger partial charge is 0.334 e. The van der Waals surface area contributed by atoms with E-state index in [0.717, 1.165) is 0 Å². The number of carboxylic acids is 1. The summed E-state index contributed by atoms with van der Waals surface area (Å²) in [5, 5.41) is 20.0. The van der Waals surface area contributed by atoms with Crippen LogP contribution in [-0.4, -0.2) is 27.6 Å². The van der Waals surface area contributed by atoms with Crippen LogP contribution >= 0.6 is 0 Å². The van der Waals surface area contributed by atoms with E-state index in [-0.39, 0.29) is 23.6 Å². The highest BCUT2D eigenvalue weighted by Crippen LogP contribution is 2.31. The zero-order chi connectivity index (χ0) is 14.7. The number of pyridine rings is 1. The Balaban J connectivity index is 2.41. The second kappa shape index (κ2) is 5.35. The van der Waals surface area contributed by atoms with Crippen molar-refractivity contribution in [2.75, 3.05) is 6.61 Å². The predicted octanol–water partition coefficient (Wildman–Crippen LogP) is 2.16. The second-order valence-electron chi connectivity index (χ2n) is 3.94. The van der Waals surface area contributed by atoms with E-state index < -0.39 is 10.9 Å². The number of aromatic nitrogens is 1. The Hall–Kier alpha value is -2.96. The molecule has 1 aromatic heterocycles. The van der Waals surface area contributed by atoms with Crippen molar-refractivity contribution in [3.63, 3.8) is 0 Å².